The molecule has 0 bridgehead atoms. The van der Waals surface area contributed by atoms with Crippen LogP contribution in [0.15, 0.2) is 24.3 Å². The average Bonchev–Trinajstić information content (AvgIpc) is 2.55. The fourth-order valence-electron chi connectivity index (χ4n) is 2.04. The van der Waals surface area contributed by atoms with E-state index in [0.717, 1.165) is 18.2 Å². The second-order valence-corrected chi connectivity index (χ2v) is 3.82. The Kier molecular flexibility index (Phi) is 1.80. The van der Waals surface area contributed by atoms with E-state index in [-0.39, 0.29) is 27.8 Å². The Morgan fingerprint density at radius 3 is 2.35 bits per heavy atom. The van der Waals surface area contributed by atoms with E-state index in [4.69, 9.17) is 0 Å². The van der Waals surface area contributed by atoms with Crippen LogP contribution >= 0.6 is 0 Å². The van der Waals surface area contributed by atoms with Crippen LogP contribution in [0.25, 0.3) is 21.8 Å². The SMILES string of the molecule is Oc1cc(O)c2c(c1)[nH]c1cc(F)cc(F)c12. The van der Waals surface area contributed by atoms with E-state index in [1.54, 1.807) is 0 Å². The fourth-order valence-corrected chi connectivity index (χ4v) is 2.04. The highest BCUT2D eigenvalue weighted by molar-refractivity contribution is 6.11. The number of phenolic OH excluding ortho intramolecular Hbond substituents is 2. The van der Waals surface area contributed by atoms with Gasteiger partial charge in [-0.15, -0.1) is 0 Å². The Labute approximate surface area is 93.9 Å². The summed E-state index contributed by atoms with van der Waals surface area (Å²) < 4.78 is 26.7. The quantitative estimate of drug-likeness (QED) is 0.561. The number of hydrogen-bond acceptors (Lipinski definition) is 2. The molecule has 0 amide bonds. The molecule has 0 aliphatic carbocycles. The van der Waals surface area contributed by atoms with Crippen LogP contribution < -0.4 is 0 Å². The van der Waals surface area contributed by atoms with E-state index in [2.05, 4.69) is 4.98 Å². The van der Waals surface area contributed by atoms with Gasteiger partial charge in [-0.05, 0) is 6.07 Å². The third-order valence-corrected chi connectivity index (χ3v) is 2.68. The van der Waals surface area contributed by atoms with Crippen molar-refractivity contribution in [2.75, 3.05) is 0 Å². The topological polar surface area (TPSA) is 56.2 Å². The van der Waals surface area contributed by atoms with Gasteiger partial charge in [0.05, 0.1) is 16.4 Å². The van der Waals surface area contributed by atoms with Crippen LogP contribution in [0.5, 0.6) is 11.5 Å². The van der Waals surface area contributed by atoms with E-state index in [9.17, 15) is 19.0 Å². The van der Waals surface area contributed by atoms with Crippen molar-refractivity contribution >= 4 is 21.8 Å². The third kappa shape index (κ3) is 1.32. The predicted octanol–water partition coefficient (Wildman–Crippen LogP) is 3.01. The number of benzene rings is 2. The van der Waals surface area contributed by atoms with Crippen molar-refractivity contribution in [2.24, 2.45) is 0 Å². The molecular formula is C12H7F2NO2. The van der Waals surface area contributed by atoms with Gasteiger partial charge < -0.3 is 15.2 Å². The normalized spacial score (nSPS) is 11.4. The highest BCUT2D eigenvalue weighted by Gasteiger charge is 2.14. The molecule has 17 heavy (non-hydrogen) atoms. The Hall–Kier alpha value is -2.30. The largest absolute Gasteiger partial charge is 0.508 e. The van der Waals surface area contributed by atoms with Gasteiger partial charge in [-0.1, -0.05) is 0 Å². The molecule has 0 fully saturated rings. The summed E-state index contributed by atoms with van der Waals surface area (Å²) in [6.07, 6.45) is 0. The Morgan fingerprint density at radius 1 is 0.882 bits per heavy atom. The molecule has 0 radical (unpaired) electrons. The maximum absolute atomic E-state index is 13.7. The molecule has 3 N–H and O–H groups in total. The lowest BCUT2D eigenvalue weighted by Crippen LogP contribution is -1.80. The van der Waals surface area contributed by atoms with Gasteiger partial charge in [0, 0.05) is 23.6 Å². The number of hydrogen-bond donors (Lipinski definition) is 3. The van der Waals surface area contributed by atoms with E-state index >= 15 is 0 Å². The van der Waals surface area contributed by atoms with Crippen LogP contribution in [0.1, 0.15) is 0 Å². The minimum Gasteiger partial charge on any atom is -0.508 e. The number of H-pyrrole nitrogens is 1. The van der Waals surface area contributed by atoms with Crippen LogP contribution in [0, 0.1) is 11.6 Å². The van der Waals surface area contributed by atoms with Gasteiger partial charge in [0.25, 0.3) is 0 Å². The number of halogens is 2. The molecule has 3 nitrogen and oxygen atoms in total. The second-order valence-electron chi connectivity index (χ2n) is 3.82. The molecule has 2 aromatic carbocycles. The molecule has 0 atom stereocenters. The zero-order chi connectivity index (χ0) is 12.2. The molecule has 3 aromatic rings. The molecule has 86 valence electrons. The molecule has 0 unspecified atom stereocenters. The van der Waals surface area contributed by atoms with Gasteiger partial charge in [0.2, 0.25) is 0 Å². The smallest absolute Gasteiger partial charge is 0.136 e. The van der Waals surface area contributed by atoms with Gasteiger partial charge in [0.1, 0.15) is 23.1 Å². The van der Waals surface area contributed by atoms with Crippen molar-refractivity contribution in [3.8, 4) is 11.5 Å². The minimum atomic E-state index is -0.757. The van der Waals surface area contributed by atoms with Crippen LogP contribution in [-0.2, 0) is 0 Å². The number of rotatable bonds is 0. The summed E-state index contributed by atoms with van der Waals surface area (Å²) in [6.45, 7) is 0. The zero-order valence-electron chi connectivity index (χ0n) is 8.46. The first kappa shape index (κ1) is 9.89. The Bertz CT molecular complexity index is 687. The van der Waals surface area contributed by atoms with Crippen LogP contribution in [0.4, 0.5) is 8.78 Å². The number of aromatic amines is 1. The van der Waals surface area contributed by atoms with E-state index in [1.165, 1.54) is 6.07 Å². The molecular weight excluding hydrogens is 228 g/mol. The number of phenols is 2. The monoisotopic (exact) mass is 235 g/mol. The highest BCUT2D eigenvalue weighted by atomic mass is 19.1. The minimum absolute atomic E-state index is 0.110. The number of aromatic nitrogens is 1. The standard InChI is InChI=1S/C12H7F2NO2/c13-5-1-7(14)11-8(2-5)15-9-3-6(16)4-10(17)12(9)11/h1-4,15-17H. The van der Waals surface area contributed by atoms with E-state index in [0.29, 0.717) is 5.52 Å². The lowest BCUT2D eigenvalue weighted by Gasteiger charge is -1.98. The van der Waals surface area contributed by atoms with Crippen molar-refractivity contribution in [1.82, 2.24) is 4.98 Å². The van der Waals surface area contributed by atoms with E-state index < -0.39 is 11.6 Å². The molecule has 5 heteroatoms. The van der Waals surface area contributed by atoms with Crippen molar-refractivity contribution in [3.63, 3.8) is 0 Å². The van der Waals surface area contributed by atoms with Crippen molar-refractivity contribution in [2.45, 2.75) is 0 Å². The second kappa shape index (κ2) is 3.10. The van der Waals surface area contributed by atoms with Crippen LogP contribution in [0.3, 0.4) is 0 Å². The summed E-state index contributed by atoms with van der Waals surface area (Å²) >= 11 is 0. The fraction of sp³-hybridized carbons (Fsp3) is 0. The maximum Gasteiger partial charge on any atom is 0.136 e. The molecule has 0 aliphatic rings. The molecule has 1 aromatic heterocycles. The van der Waals surface area contributed by atoms with Crippen molar-refractivity contribution in [1.29, 1.82) is 0 Å². The van der Waals surface area contributed by atoms with Gasteiger partial charge in [-0.2, -0.15) is 0 Å². The first-order valence-corrected chi connectivity index (χ1v) is 4.88. The summed E-state index contributed by atoms with van der Waals surface area (Å²) in [7, 11) is 0. The molecule has 3 rings (SSSR count). The van der Waals surface area contributed by atoms with Gasteiger partial charge in [-0.25, -0.2) is 8.78 Å². The predicted molar refractivity (Wildman–Crippen MR) is 59.1 cm³/mol. The first-order chi connectivity index (χ1) is 8.06. The summed E-state index contributed by atoms with van der Waals surface area (Å²) in [5.41, 5.74) is 0.584. The van der Waals surface area contributed by atoms with Crippen LogP contribution in [-0.4, -0.2) is 15.2 Å². The lowest BCUT2D eigenvalue weighted by molar-refractivity contribution is 0.455. The zero-order valence-corrected chi connectivity index (χ0v) is 8.46. The van der Waals surface area contributed by atoms with Gasteiger partial charge in [-0.3, -0.25) is 0 Å². The number of nitrogens with one attached hydrogen (secondary N) is 1. The van der Waals surface area contributed by atoms with Crippen LogP contribution in [0.2, 0.25) is 0 Å². The van der Waals surface area contributed by atoms with E-state index in [1.807, 2.05) is 0 Å². The third-order valence-electron chi connectivity index (χ3n) is 2.68. The molecule has 1 heterocycles. The maximum atomic E-state index is 13.7. The Balaban J connectivity index is 2.60. The lowest BCUT2D eigenvalue weighted by atomic mass is 10.1. The first-order valence-electron chi connectivity index (χ1n) is 4.88. The van der Waals surface area contributed by atoms with Crippen molar-refractivity contribution < 1.29 is 19.0 Å². The summed E-state index contributed by atoms with van der Waals surface area (Å²) in [4.78, 5) is 2.74. The Morgan fingerprint density at radius 2 is 1.59 bits per heavy atom. The average molecular weight is 235 g/mol. The number of aromatic hydroxyl groups is 2. The number of fused-ring (bicyclic) bond motifs is 3. The van der Waals surface area contributed by atoms with Gasteiger partial charge >= 0.3 is 0 Å². The molecule has 0 spiro atoms. The summed E-state index contributed by atoms with van der Waals surface area (Å²) in [5, 5.41) is 19.3. The molecule has 0 saturated carbocycles. The highest BCUT2D eigenvalue weighted by Crippen LogP contribution is 2.36. The van der Waals surface area contributed by atoms with Gasteiger partial charge in [0.15, 0.2) is 0 Å². The summed E-state index contributed by atoms with van der Waals surface area (Å²) in [6, 6.07) is 4.33. The molecule has 0 saturated heterocycles. The molecule has 0 aliphatic heterocycles. The van der Waals surface area contributed by atoms with Crippen molar-refractivity contribution in [3.05, 3.63) is 35.9 Å². The summed E-state index contributed by atoms with van der Waals surface area (Å²) in [5.74, 6) is -1.86.